The number of carbonyl (C=O) groups excluding carboxylic acids is 1. The SMILES string of the molecule is Cc1cccc(C)c1NC(=O)C1CNCc2ccccc21. The molecule has 3 heteroatoms. The van der Waals surface area contributed by atoms with Gasteiger partial charge in [0.1, 0.15) is 0 Å². The van der Waals surface area contributed by atoms with Crippen molar-refractivity contribution in [3.05, 3.63) is 64.7 Å². The molecule has 1 atom stereocenters. The zero-order valence-electron chi connectivity index (χ0n) is 12.4. The summed E-state index contributed by atoms with van der Waals surface area (Å²) in [6.07, 6.45) is 0. The van der Waals surface area contributed by atoms with Crippen LogP contribution in [-0.2, 0) is 11.3 Å². The standard InChI is InChI=1S/C18H20N2O/c1-12-6-5-7-13(2)17(12)20-18(21)16-11-19-10-14-8-3-4-9-15(14)16/h3-9,16,19H,10-11H2,1-2H3,(H,20,21). The lowest BCUT2D eigenvalue weighted by Gasteiger charge is -2.26. The number of anilines is 1. The summed E-state index contributed by atoms with van der Waals surface area (Å²) in [5, 5.41) is 6.44. The largest absolute Gasteiger partial charge is 0.325 e. The summed E-state index contributed by atoms with van der Waals surface area (Å²) < 4.78 is 0. The van der Waals surface area contributed by atoms with Crippen molar-refractivity contribution in [2.45, 2.75) is 26.3 Å². The van der Waals surface area contributed by atoms with Gasteiger partial charge in [-0.2, -0.15) is 0 Å². The fourth-order valence-electron chi connectivity index (χ4n) is 2.95. The van der Waals surface area contributed by atoms with E-state index in [1.54, 1.807) is 0 Å². The van der Waals surface area contributed by atoms with Crippen molar-refractivity contribution >= 4 is 11.6 Å². The van der Waals surface area contributed by atoms with Gasteiger partial charge in [-0.05, 0) is 36.1 Å². The summed E-state index contributed by atoms with van der Waals surface area (Å²) in [6.45, 7) is 5.57. The lowest BCUT2D eigenvalue weighted by molar-refractivity contribution is -0.117. The van der Waals surface area contributed by atoms with Gasteiger partial charge in [0.2, 0.25) is 5.91 Å². The third-order valence-corrected chi connectivity index (χ3v) is 4.14. The third-order valence-electron chi connectivity index (χ3n) is 4.14. The molecule has 2 aromatic carbocycles. The van der Waals surface area contributed by atoms with Crippen LogP contribution in [0.2, 0.25) is 0 Å². The molecule has 2 N–H and O–H groups in total. The summed E-state index contributed by atoms with van der Waals surface area (Å²) in [7, 11) is 0. The van der Waals surface area contributed by atoms with Crippen LogP contribution in [-0.4, -0.2) is 12.5 Å². The first-order valence-electron chi connectivity index (χ1n) is 7.32. The van der Waals surface area contributed by atoms with E-state index in [1.165, 1.54) is 5.56 Å². The number of para-hydroxylation sites is 1. The predicted octanol–water partition coefficient (Wildman–Crippen LogP) is 3.13. The molecule has 1 amide bonds. The molecule has 3 rings (SSSR count). The average molecular weight is 280 g/mol. The third kappa shape index (κ3) is 2.69. The topological polar surface area (TPSA) is 41.1 Å². The molecule has 1 aliphatic rings. The van der Waals surface area contributed by atoms with Crippen LogP contribution in [0.5, 0.6) is 0 Å². The first-order chi connectivity index (χ1) is 10.2. The molecule has 2 aromatic rings. The summed E-state index contributed by atoms with van der Waals surface area (Å²) in [5.74, 6) is -0.0685. The molecule has 0 aliphatic carbocycles. The molecule has 0 aromatic heterocycles. The molecule has 0 bridgehead atoms. The molecule has 108 valence electrons. The second-order valence-electron chi connectivity index (χ2n) is 5.64. The van der Waals surface area contributed by atoms with Gasteiger partial charge in [-0.15, -0.1) is 0 Å². The number of nitrogens with one attached hydrogen (secondary N) is 2. The number of carbonyl (C=O) groups is 1. The van der Waals surface area contributed by atoms with Gasteiger partial charge in [-0.25, -0.2) is 0 Å². The van der Waals surface area contributed by atoms with E-state index in [0.717, 1.165) is 28.9 Å². The van der Waals surface area contributed by atoms with Crippen LogP contribution in [0.25, 0.3) is 0 Å². The molecule has 1 heterocycles. The Morgan fingerprint density at radius 2 is 1.81 bits per heavy atom. The van der Waals surface area contributed by atoms with Crippen LogP contribution in [0.15, 0.2) is 42.5 Å². The summed E-state index contributed by atoms with van der Waals surface area (Å²) >= 11 is 0. The highest BCUT2D eigenvalue weighted by Gasteiger charge is 2.26. The minimum Gasteiger partial charge on any atom is -0.325 e. The molecule has 0 spiro atoms. The van der Waals surface area contributed by atoms with Crippen molar-refractivity contribution < 1.29 is 4.79 Å². The maximum atomic E-state index is 12.7. The smallest absolute Gasteiger partial charge is 0.233 e. The quantitative estimate of drug-likeness (QED) is 0.887. The van der Waals surface area contributed by atoms with E-state index in [9.17, 15) is 4.79 Å². The molecule has 1 unspecified atom stereocenters. The molecular weight excluding hydrogens is 260 g/mol. The lowest BCUT2D eigenvalue weighted by atomic mass is 9.90. The van der Waals surface area contributed by atoms with Crippen molar-refractivity contribution in [2.75, 3.05) is 11.9 Å². The molecule has 21 heavy (non-hydrogen) atoms. The second kappa shape index (κ2) is 5.70. The number of amides is 1. The van der Waals surface area contributed by atoms with E-state index in [0.29, 0.717) is 6.54 Å². The van der Waals surface area contributed by atoms with E-state index in [1.807, 2.05) is 44.2 Å². The van der Waals surface area contributed by atoms with Crippen molar-refractivity contribution in [1.82, 2.24) is 5.32 Å². The number of fused-ring (bicyclic) bond motifs is 1. The molecule has 0 saturated carbocycles. The highest BCUT2D eigenvalue weighted by Crippen LogP contribution is 2.27. The Morgan fingerprint density at radius 3 is 2.57 bits per heavy atom. The molecule has 1 aliphatic heterocycles. The van der Waals surface area contributed by atoms with Gasteiger partial charge < -0.3 is 10.6 Å². The fraction of sp³-hybridized carbons (Fsp3) is 0.278. The number of benzene rings is 2. The van der Waals surface area contributed by atoms with Crippen LogP contribution in [0.4, 0.5) is 5.69 Å². The van der Waals surface area contributed by atoms with Crippen molar-refractivity contribution in [3.8, 4) is 0 Å². The van der Waals surface area contributed by atoms with Gasteiger partial charge in [0.15, 0.2) is 0 Å². The number of aryl methyl sites for hydroxylation is 2. The van der Waals surface area contributed by atoms with Crippen LogP contribution in [0.1, 0.15) is 28.2 Å². The number of hydrogen-bond acceptors (Lipinski definition) is 2. The summed E-state index contributed by atoms with van der Waals surface area (Å²) in [5.41, 5.74) is 5.48. The molecule has 0 radical (unpaired) electrons. The first kappa shape index (κ1) is 13.8. The summed E-state index contributed by atoms with van der Waals surface area (Å²) in [6, 6.07) is 14.2. The predicted molar refractivity (Wildman–Crippen MR) is 85.4 cm³/mol. The Kier molecular flexibility index (Phi) is 3.76. The second-order valence-corrected chi connectivity index (χ2v) is 5.64. The zero-order valence-corrected chi connectivity index (χ0v) is 12.4. The van der Waals surface area contributed by atoms with E-state index in [2.05, 4.69) is 22.8 Å². The lowest BCUT2D eigenvalue weighted by Crippen LogP contribution is -2.35. The maximum Gasteiger partial charge on any atom is 0.233 e. The number of rotatable bonds is 2. The zero-order chi connectivity index (χ0) is 14.8. The number of hydrogen-bond donors (Lipinski definition) is 2. The van der Waals surface area contributed by atoms with Crippen LogP contribution < -0.4 is 10.6 Å². The van der Waals surface area contributed by atoms with Crippen LogP contribution in [0, 0.1) is 13.8 Å². The first-order valence-corrected chi connectivity index (χ1v) is 7.32. The van der Waals surface area contributed by atoms with E-state index in [4.69, 9.17) is 0 Å². The molecule has 0 fully saturated rings. The molecule has 3 nitrogen and oxygen atoms in total. The monoisotopic (exact) mass is 280 g/mol. The Labute approximate surface area is 125 Å². The maximum absolute atomic E-state index is 12.7. The Bertz CT molecular complexity index is 658. The van der Waals surface area contributed by atoms with E-state index >= 15 is 0 Å². The van der Waals surface area contributed by atoms with E-state index < -0.39 is 0 Å². The van der Waals surface area contributed by atoms with Gasteiger partial charge in [0.05, 0.1) is 5.92 Å². The minimum absolute atomic E-state index is 0.0621. The Morgan fingerprint density at radius 1 is 1.10 bits per heavy atom. The van der Waals surface area contributed by atoms with Gasteiger partial charge in [0.25, 0.3) is 0 Å². The highest BCUT2D eigenvalue weighted by molar-refractivity contribution is 5.97. The van der Waals surface area contributed by atoms with Crippen molar-refractivity contribution in [1.29, 1.82) is 0 Å². The van der Waals surface area contributed by atoms with E-state index in [-0.39, 0.29) is 11.8 Å². The molecule has 0 saturated heterocycles. The van der Waals surface area contributed by atoms with Gasteiger partial charge in [-0.3, -0.25) is 4.79 Å². The summed E-state index contributed by atoms with van der Waals surface area (Å²) in [4.78, 5) is 12.7. The Balaban J connectivity index is 1.87. The van der Waals surface area contributed by atoms with Crippen LogP contribution >= 0.6 is 0 Å². The van der Waals surface area contributed by atoms with Gasteiger partial charge in [0, 0.05) is 18.8 Å². The molecular formula is C18H20N2O. The van der Waals surface area contributed by atoms with Crippen molar-refractivity contribution in [2.24, 2.45) is 0 Å². The van der Waals surface area contributed by atoms with Gasteiger partial charge >= 0.3 is 0 Å². The van der Waals surface area contributed by atoms with Crippen molar-refractivity contribution in [3.63, 3.8) is 0 Å². The fourth-order valence-corrected chi connectivity index (χ4v) is 2.95. The minimum atomic E-state index is -0.131. The van der Waals surface area contributed by atoms with Gasteiger partial charge in [-0.1, -0.05) is 42.5 Å². The normalized spacial score (nSPS) is 17.1. The highest BCUT2D eigenvalue weighted by atomic mass is 16.1. The average Bonchev–Trinajstić information content (AvgIpc) is 2.50. The Hall–Kier alpha value is -2.13. The van der Waals surface area contributed by atoms with Crippen LogP contribution in [0.3, 0.4) is 0 Å².